The summed E-state index contributed by atoms with van der Waals surface area (Å²) >= 11 is 0. The highest BCUT2D eigenvalue weighted by atomic mass is 16.7. The van der Waals surface area contributed by atoms with Crippen LogP contribution in [-0.2, 0) is 16.0 Å². The van der Waals surface area contributed by atoms with Crippen LogP contribution in [0.2, 0.25) is 0 Å². The van der Waals surface area contributed by atoms with Gasteiger partial charge in [-0.2, -0.15) is 0 Å². The van der Waals surface area contributed by atoms with Crippen molar-refractivity contribution in [2.45, 2.75) is 58.2 Å². The maximum Gasteiger partial charge on any atom is 0.339 e. The Balaban J connectivity index is 1.87. The predicted molar refractivity (Wildman–Crippen MR) is 97.6 cm³/mol. The lowest BCUT2D eigenvalue weighted by atomic mass is 9.82. The van der Waals surface area contributed by atoms with Crippen LogP contribution in [0.4, 0.5) is 0 Å². The minimum Gasteiger partial charge on any atom is -0.462 e. The molecule has 2 aromatic rings. The van der Waals surface area contributed by atoms with Gasteiger partial charge in [-0.3, -0.25) is 4.79 Å². The maximum absolute atomic E-state index is 12.0. The fourth-order valence-electron chi connectivity index (χ4n) is 3.17. The van der Waals surface area contributed by atoms with E-state index in [1.165, 1.54) is 13.0 Å². The molecular formula is C20H24O7. The van der Waals surface area contributed by atoms with Crippen molar-refractivity contribution in [1.29, 1.82) is 0 Å². The number of hydrogen-bond donors (Lipinski definition) is 2. The molecule has 1 aliphatic heterocycles. The van der Waals surface area contributed by atoms with E-state index in [9.17, 15) is 19.8 Å². The van der Waals surface area contributed by atoms with Crippen molar-refractivity contribution >= 4 is 16.8 Å². The molecule has 1 aromatic carbocycles. The highest BCUT2D eigenvalue weighted by molar-refractivity contribution is 5.82. The summed E-state index contributed by atoms with van der Waals surface area (Å²) in [7, 11) is 0. The molecule has 3 rings (SSSR count). The highest BCUT2D eigenvalue weighted by Crippen LogP contribution is 2.35. The zero-order valence-corrected chi connectivity index (χ0v) is 15.8. The molecule has 1 aliphatic rings. The Kier molecular flexibility index (Phi) is 5.12. The summed E-state index contributed by atoms with van der Waals surface area (Å²) in [5.41, 5.74) is -0.667. The summed E-state index contributed by atoms with van der Waals surface area (Å²) in [6.07, 6.45) is -3.25. The van der Waals surface area contributed by atoms with E-state index in [1.807, 2.05) is 13.8 Å². The molecule has 1 unspecified atom stereocenters. The van der Waals surface area contributed by atoms with Crippen LogP contribution in [0.3, 0.4) is 0 Å². The molecule has 1 aromatic heterocycles. The second kappa shape index (κ2) is 7.07. The molecule has 0 radical (unpaired) electrons. The smallest absolute Gasteiger partial charge is 0.339 e. The number of carbonyl (C=O) groups excluding carboxylic acids is 1. The fraction of sp³-hybridized carbons (Fsp3) is 0.500. The molecule has 0 aliphatic carbocycles. The number of hydrogen-bond acceptors (Lipinski definition) is 7. The minimum absolute atomic E-state index is 0.0176. The predicted octanol–water partition coefficient (Wildman–Crippen LogP) is 1.80. The Bertz CT molecular complexity index is 914. The largest absolute Gasteiger partial charge is 0.462 e. The number of carbonyl (C=O) groups is 1. The van der Waals surface area contributed by atoms with Gasteiger partial charge in [-0.15, -0.1) is 0 Å². The van der Waals surface area contributed by atoms with Crippen molar-refractivity contribution in [1.82, 2.24) is 0 Å². The molecule has 0 saturated carbocycles. The number of ether oxygens (including phenoxy) is 2. The zero-order valence-electron chi connectivity index (χ0n) is 15.8. The number of Topliss-reactive ketones (excluding diaryl/α,β-unsaturated/α-hetero) is 1. The molecule has 27 heavy (non-hydrogen) atoms. The molecular weight excluding hydrogens is 352 g/mol. The number of ketones is 1. The van der Waals surface area contributed by atoms with Gasteiger partial charge < -0.3 is 24.1 Å². The molecule has 4 atom stereocenters. The van der Waals surface area contributed by atoms with Crippen LogP contribution >= 0.6 is 0 Å². The average Bonchev–Trinajstić information content (AvgIpc) is 2.58. The van der Waals surface area contributed by atoms with E-state index in [1.54, 1.807) is 25.1 Å². The van der Waals surface area contributed by atoms with Crippen LogP contribution in [-0.4, -0.2) is 40.1 Å². The van der Waals surface area contributed by atoms with Crippen molar-refractivity contribution in [3.63, 3.8) is 0 Å². The summed E-state index contributed by atoms with van der Waals surface area (Å²) in [6.45, 7) is 6.85. The van der Waals surface area contributed by atoms with Gasteiger partial charge in [0.2, 0.25) is 6.29 Å². The SMILES string of the molecule is CC(=O)Cc1cc2ccc(O[C@@H]3OC(C)(C)[C@H](C)[C@H](O)C3O)cc2oc1=O. The zero-order chi connectivity index (χ0) is 19.9. The lowest BCUT2D eigenvalue weighted by Crippen LogP contribution is -2.59. The van der Waals surface area contributed by atoms with Crippen LogP contribution in [0.5, 0.6) is 5.75 Å². The third kappa shape index (κ3) is 3.90. The fourth-order valence-corrected chi connectivity index (χ4v) is 3.17. The summed E-state index contributed by atoms with van der Waals surface area (Å²) < 4.78 is 16.8. The third-order valence-corrected chi connectivity index (χ3v) is 5.13. The van der Waals surface area contributed by atoms with Gasteiger partial charge in [0.15, 0.2) is 0 Å². The van der Waals surface area contributed by atoms with E-state index in [4.69, 9.17) is 13.9 Å². The number of benzene rings is 1. The van der Waals surface area contributed by atoms with Crippen LogP contribution in [0.15, 0.2) is 33.5 Å². The van der Waals surface area contributed by atoms with E-state index in [0.717, 1.165) is 0 Å². The Morgan fingerprint density at radius 2 is 1.93 bits per heavy atom. The molecule has 2 N–H and O–H groups in total. The first-order valence-corrected chi connectivity index (χ1v) is 8.85. The van der Waals surface area contributed by atoms with Crippen molar-refractivity contribution in [3.8, 4) is 5.75 Å². The van der Waals surface area contributed by atoms with Gasteiger partial charge in [0.25, 0.3) is 0 Å². The molecule has 7 heteroatoms. The quantitative estimate of drug-likeness (QED) is 0.784. The van der Waals surface area contributed by atoms with Crippen molar-refractivity contribution in [2.75, 3.05) is 0 Å². The van der Waals surface area contributed by atoms with Gasteiger partial charge >= 0.3 is 5.63 Å². The summed E-state index contributed by atoms with van der Waals surface area (Å²) in [5, 5.41) is 21.2. The van der Waals surface area contributed by atoms with Crippen LogP contribution in [0.1, 0.15) is 33.3 Å². The normalized spacial score (nSPS) is 27.5. The topological polar surface area (TPSA) is 106 Å². The van der Waals surface area contributed by atoms with Gasteiger partial charge in [-0.1, -0.05) is 6.92 Å². The third-order valence-electron chi connectivity index (χ3n) is 5.13. The highest BCUT2D eigenvalue weighted by Gasteiger charge is 2.47. The molecule has 0 spiro atoms. The Labute approximate surface area is 156 Å². The standard InChI is InChI=1S/C20H24O7/c1-10(21)7-13-8-12-5-6-14(9-15(12)26-18(13)24)25-19-17(23)16(22)11(2)20(3,4)27-19/h5-6,8-9,11,16-17,19,22-23H,7H2,1-4H3/t11-,16+,17?,19-/m1/s1. The summed E-state index contributed by atoms with van der Waals surface area (Å²) in [5.74, 6) is -0.0753. The minimum atomic E-state index is -1.21. The van der Waals surface area contributed by atoms with E-state index < -0.39 is 29.7 Å². The monoisotopic (exact) mass is 376 g/mol. The molecule has 146 valence electrons. The lowest BCUT2D eigenvalue weighted by Gasteiger charge is -2.46. The van der Waals surface area contributed by atoms with E-state index in [0.29, 0.717) is 22.3 Å². The van der Waals surface area contributed by atoms with Crippen LogP contribution in [0, 0.1) is 5.92 Å². The molecule has 0 bridgehead atoms. The van der Waals surface area contributed by atoms with Gasteiger partial charge in [0.1, 0.15) is 23.2 Å². The Morgan fingerprint density at radius 1 is 1.22 bits per heavy atom. The number of aliphatic hydroxyl groups is 2. The Hall–Kier alpha value is -2.22. The summed E-state index contributed by atoms with van der Waals surface area (Å²) in [4.78, 5) is 23.3. The van der Waals surface area contributed by atoms with Crippen molar-refractivity contribution in [2.24, 2.45) is 5.92 Å². The maximum atomic E-state index is 12.0. The van der Waals surface area contributed by atoms with Crippen molar-refractivity contribution in [3.05, 3.63) is 40.2 Å². The second-order valence-corrected chi connectivity index (χ2v) is 7.61. The summed E-state index contributed by atoms with van der Waals surface area (Å²) in [6, 6.07) is 6.47. The Morgan fingerprint density at radius 3 is 2.59 bits per heavy atom. The van der Waals surface area contributed by atoms with E-state index in [-0.39, 0.29) is 18.1 Å². The first-order valence-electron chi connectivity index (χ1n) is 8.85. The van der Waals surface area contributed by atoms with Crippen LogP contribution < -0.4 is 10.4 Å². The van der Waals surface area contributed by atoms with E-state index >= 15 is 0 Å². The lowest BCUT2D eigenvalue weighted by molar-refractivity contribution is -0.284. The second-order valence-electron chi connectivity index (χ2n) is 7.61. The number of fused-ring (bicyclic) bond motifs is 1. The number of rotatable bonds is 4. The molecule has 7 nitrogen and oxygen atoms in total. The van der Waals surface area contributed by atoms with Gasteiger partial charge in [-0.25, -0.2) is 4.79 Å². The van der Waals surface area contributed by atoms with Crippen LogP contribution in [0.25, 0.3) is 11.0 Å². The first-order chi connectivity index (χ1) is 12.6. The average molecular weight is 376 g/mol. The molecule has 0 amide bonds. The molecule has 1 saturated heterocycles. The van der Waals surface area contributed by atoms with Gasteiger partial charge in [0, 0.05) is 29.4 Å². The van der Waals surface area contributed by atoms with Gasteiger partial charge in [0.05, 0.1) is 11.7 Å². The number of aliphatic hydroxyl groups excluding tert-OH is 2. The molecule has 2 heterocycles. The first kappa shape index (κ1) is 19.5. The van der Waals surface area contributed by atoms with E-state index in [2.05, 4.69) is 0 Å². The molecule has 1 fully saturated rings. The van der Waals surface area contributed by atoms with Crippen molar-refractivity contribution < 1.29 is 28.9 Å². The van der Waals surface area contributed by atoms with Gasteiger partial charge in [-0.05, 0) is 39.0 Å².